The predicted molar refractivity (Wildman–Crippen MR) is 119 cm³/mol. The second-order valence-electron chi connectivity index (χ2n) is 6.73. The van der Waals surface area contributed by atoms with E-state index in [0.29, 0.717) is 10.6 Å². The molecule has 0 unspecified atom stereocenters. The first-order valence-corrected chi connectivity index (χ1v) is 10.3. The van der Waals surface area contributed by atoms with E-state index in [9.17, 15) is 9.59 Å². The molecule has 2 aromatic carbocycles. The molecule has 0 aliphatic heterocycles. The predicted octanol–water partition coefficient (Wildman–Crippen LogP) is 4.99. The van der Waals surface area contributed by atoms with Crippen molar-refractivity contribution in [2.24, 2.45) is 0 Å². The van der Waals surface area contributed by atoms with E-state index in [2.05, 4.69) is 15.6 Å². The van der Waals surface area contributed by atoms with Gasteiger partial charge in [0, 0.05) is 17.1 Å². The molecule has 0 fully saturated rings. The highest BCUT2D eigenvalue weighted by Crippen LogP contribution is 2.26. The van der Waals surface area contributed by atoms with Gasteiger partial charge in [0.05, 0.1) is 11.3 Å². The van der Waals surface area contributed by atoms with E-state index in [0.717, 1.165) is 28.2 Å². The van der Waals surface area contributed by atoms with Crippen molar-refractivity contribution >= 4 is 35.0 Å². The summed E-state index contributed by atoms with van der Waals surface area (Å²) in [4.78, 5) is 29.8. The molecule has 0 radical (unpaired) electrons. The molecule has 0 aliphatic carbocycles. The van der Waals surface area contributed by atoms with Crippen LogP contribution in [0.5, 0.6) is 0 Å². The summed E-state index contributed by atoms with van der Waals surface area (Å²) >= 11 is 1.26. The van der Waals surface area contributed by atoms with Crippen LogP contribution in [0.3, 0.4) is 0 Å². The summed E-state index contributed by atoms with van der Waals surface area (Å²) in [5.74, 6) is -0.210. The Morgan fingerprint density at radius 2 is 1.59 bits per heavy atom. The third kappa shape index (κ3) is 5.45. The summed E-state index contributed by atoms with van der Waals surface area (Å²) in [7, 11) is 0. The van der Waals surface area contributed by atoms with Crippen molar-refractivity contribution in [3.8, 4) is 0 Å². The van der Waals surface area contributed by atoms with E-state index < -0.39 is 0 Å². The van der Waals surface area contributed by atoms with Crippen LogP contribution in [0.4, 0.5) is 11.4 Å². The number of aryl methyl sites for hydroxylation is 3. The van der Waals surface area contributed by atoms with Crippen molar-refractivity contribution < 1.29 is 9.59 Å². The summed E-state index contributed by atoms with van der Waals surface area (Å²) in [6.07, 6.45) is 0. The van der Waals surface area contributed by atoms with Gasteiger partial charge in [-0.2, -0.15) is 0 Å². The summed E-state index contributed by atoms with van der Waals surface area (Å²) in [6.45, 7) is 5.71. The molecule has 0 spiro atoms. The van der Waals surface area contributed by atoms with E-state index in [1.54, 1.807) is 0 Å². The van der Waals surface area contributed by atoms with E-state index in [4.69, 9.17) is 0 Å². The van der Waals surface area contributed by atoms with Gasteiger partial charge in [0.25, 0.3) is 5.91 Å². The number of para-hydroxylation sites is 2. The summed E-state index contributed by atoms with van der Waals surface area (Å²) < 4.78 is 0. The Bertz CT molecular complexity index is 1040. The summed E-state index contributed by atoms with van der Waals surface area (Å²) in [5.41, 5.74) is 4.61. The number of thioether (sulfide) groups is 1. The second kappa shape index (κ2) is 9.39. The molecule has 3 aromatic rings. The van der Waals surface area contributed by atoms with Gasteiger partial charge in [0.15, 0.2) is 0 Å². The number of aromatic nitrogens is 1. The maximum atomic E-state index is 13.0. The Balaban J connectivity index is 1.77. The molecule has 1 heterocycles. The zero-order chi connectivity index (χ0) is 20.8. The highest BCUT2D eigenvalue weighted by Gasteiger charge is 2.19. The fraction of sp³-hybridized carbons (Fsp3) is 0.174. The van der Waals surface area contributed by atoms with E-state index in [1.807, 2.05) is 81.4 Å². The van der Waals surface area contributed by atoms with Crippen LogP contribution in [-0.4, -0.2) is 22.6 Å². The van der Waals surface area contributed by atoms with Crippen LogP contribution in [0.15, 0.2) is 65.7 Å². The fourth-order valence-electron chi connectivity index (χ4n) is 2.93. The van der Waals surface area contributed by atoms with E-state index in [-0.39, 0.29) is 17.6 Å². The van der Waals surface area contributed by atoms with Crippen molar-refractivity contribution in [3.05, 3.63) is 83.0 Å². The lowest BCUT2D eigenvalue weighted by molar-refractivity contribution is -0.113. The third-order valence-electron chi connectivity index (χ3n) is 4.33. The van der Waals surface area contributed by atoms with Crippen molar-refractivity contribution in [1.82, 2.24) is 4.98 Å². The molecule has 0 atom stereocenters. The van der Waals surface area contributed by atoms with Gasteiger partial charge in [-0.1, -0.05) is 48.2 Å². The number of pyridine rings is 1. The molecule has 0 saturated carbocycles. The first kappa shape index (κ1) is 20.6. The Labute approximate surface area is 175 Å². The van der Waals surface area contributed by atoms with Gasteiger partial charge in [0.1, 0.15) is 5.03 Å². The van der Waals surface area contributed by atoms with Crippen LogP contribution in [0, 0.1) is 20.8 Å². The van der Waals surface area contributed by atoms with Crippen LogP contribution in [0.1, 0.15) is 27.2 Å². The molecule has 0 aliphatic rings. The van der Waals surface area contributed by atoms with Crippen molar-refractivity contribution in [2.75, 3.05) is 16.4 Å². The maximum absolute atomic E-state index is 13.0. The fourth-order valence-corrected chi connectivity index (χ4v) is 3.88. The highest BCUT2D eigenvalue weighted by molar-refractivity contribution is 8.00. The lowest BCUT2D eigenvalue weighted by atomic mass is 10.1. The summed E-state index contributed by atoms with van der Waals surface area (Å²) in [6, 6.07) is 18.8. The molecule has 5 nitrogen and oxygen atoms in total. The Morgan fingerprint density at radius 3 is 2.31 bits per heavy atom. The normalized spacial score (nSPS) is 10.4. The van der Waals surface area contributed by atoms with Gasteiger partial charge >= 0.3 is 0 Å². The molecule has 6 heteroatoms. The van der Waals surface area contributed by atoms with E-state index in [1.165, 1.54) is 11.8 Å². The number of carbonyl (C=O) groups is 2. The topological polar surface area (TPSA) is 71.1 Å². The molecule has 1 aromatic heterocycles. The Hall–Kier alpha value is -3.12. The van der Waals surface area contributed by atoms with E-state index >= 15 is 0 Å². The van der Waals surface area contributed by atoms with Gasteiger partial charge in [-0.25, -0.2) is 4.98 Å². The monoisotopic (exact) mass is 405 g/mol. The summed E-state index contributed by atoms with van der Waals surface area (Å²) in [5, 5.41) is 6.36. The van der Waals surface area contributed by atoms with Crippen molar-refractivity contribution in [3.63, 3.8) is 0 Å². The standard InChI is InChI=1S/C23H23N3O2S/c1-15-9-7-8-12-19(15)26-22(28)21-16(2)13-17(3)24-23(21)29-14-20(27)25-18-10-5-4-6-11-18/h4-13H,14H2,1-3H3,(H,25,27)(H,26,28). The third-order valence-corrected chi connectivity index (χ3v) is 5.30. The number of rotatable bonds is 6. The number of carbonyl (C=O) groups excluding carboxylic acids is 2. The zero-order valence-corrected chi connectivity index (χ0v) is 17.5. The minimum absolute atomic E-state index is 0.146. The Kier molecular flexibility index (Phi) is 6.67. The van der Waals surface area contributed by atoms with Crippen LogP contribution in [0.2, 0.25) is 0 Å². The minimum Gasteiger partial charge on any atom is -0.325 e. The number of benzene rings is 2. The van der Waals surface area contributed by atoms with Crippen LogP contribution >= 0.6 is 11.8 Å². The number of nitrogens with one attached hydrogen (secondary N) is 2. The first-order chi connectivity index (χ1) is 13.9. The number of hydrogen-bond donors (Lipinski definition) is 2. The molecule has 0 bridgehead atoms. The molecule has 2 N–H and O–H groups in total. The zero-order valence-electron chi connectivity index (χ0n) is 16.7. The Morgan fingerprint density at radius 1 is 0.897 bits per heavy atom. The van der Waals surface area contributed by atoms with Crippen LogP contribution < -0.4 is 10.6 Å². The van der Waals surface area contributed by atoms with Gasteiger partial charge in [0.2, 0.25) is 5.91 Å². The van der Waals surface area contributed by atoms with Gasteiger partial charge in [-0.05, 0) is 56.2 Å². The largest absolute Gasteiger partial charge is 0.325 e. The van der Waals surface area contributed by atoms with Crippen LogP contribution in [0.25, 0.3) is 0 Å². The average Bonchev–Trinajstić information content (AvgIpc) is 2.68. The molecule has 148 valence electrons. The molecule has 0 saturated heterocycles. The molecular weight excluding hydrogens is 382 g/mol. The molecule has 3 rings (SSSR count). The number of nitrogens with zero attached hydrogens (tertiary/aromatic N) is 1. The van der Waals surface area contributed by atoms with Gasteiger partial charge in [-0.15, -0.1) is 0 Å². The second-order valence-corrected chi connectivity index (χ2v) is 7.70. The SMILES string of the molecule is Cc1cc(C)c(C(=O)Nc2ccccc2C)c(SCC(=O)Nc2ccccc2)n1. The number of amides is 2. The number of hydrogen-bond acceptors (Lipinski definition) is 4. The smallest absolute Gasteiger partial charge is 0.258 e. The first-order valence-electron chi connectivity index (χ1n) is 9.27. The maximum Gasteiger partial charge on any atom is 0.258 e. The molecule has 2 amide bonds. The average molecular weight is 406 g/mol. The van der Waals surface area contributed by atoms with Crippen molar-refractivity contribution in [1.29, 1.82) is 0 Å². The quantitative estimate of drug-likeness (QED) is 0.567. The lowest BCUT2D eigenvalue weighted by Crippen LogP contribution is -2.18. The highest BCUT2D eigenvalue weighted by atomic mass is 32.2. The molecular formula is C23H23N3O2S. The number of anilines is 2. The minimum atomic E-state index is -0.227. The van der Waals surface area contributed by atoms with Gasteiger partial charge in [-0.3, -0.25) is 9.59 Å². The lowest BCUT2D eigenvalue weighted by Gasteiger charge is -2.14. The van der Waals surface area contributed by atoms with Gasteiger partial charge < -0.3 is 10.6 Å². The van der Waals surface area contributed by atoms with Crippen LogP contribution in [-0.2, 0) is 4.79 Å². The molecule has 29 heavy (non-hydrogen) atoms. The van der Waals surface area contributed by atoms with Crippen molar-refractivity contribution in [2.45, 2.75) is 25.8 Å².